The van der Waals surface area contributed by atoms with Crippen LogP contribution in [0.3, 0.4) is 0 Å². The van der Waals surface area contributed by atoms with Gasteiger partial charge in [-0.1, -0.05) is 35.6 Å². The van der Waals surface area contributed by atoms with Gasteiger partial charge in [0.25, 0.3) is 0 Å². The average Bonchev–Trinajstić information content (AvgIpc) is 1.90. The molecule has 0 saturated heterocycles. The molecule has 48 valence electrons. The van der Waals surface area contributed by atoms with Gasteiger partial charge in [0.15, 0.2) is 0 Å². The molecule has 11 heavy (non-hydrogen) atoms. The Balaban J connectivity index is 0. The van der Waals surface area contributed by atoms with Crippen molar-refractivity contribution in [2.24, 2.45) is 0 Å². The summed E-state index contributed by atoms with van der Waals surface area (Å²) in [5.74, 6) is 0. The first kappa shape index (κ1) is 15.1. The Morgan fingerprint density at radius 3 is 1.64 bits per heavy atom. The molecule has 0 unspecified atom stereocenters. The Labute approximate surface area is 112 Å². The standard InChI is InChI=1S/C6H5O2P.2Na/c7-9(8)6-4-2-1-3-5-6;;/h1-5H;;/q-2;2*+1. The Bertz CT molecular complexity index is 181. The summed E-state index contributed by atoms with van der Waals surface area (Å²) < 4.78 is 0. The summed E-state index contributed by atoms with van der Waals surface area (Å²) >= 11 is 0. The molecule has 0 atom stereocenters. The van der Waals surface area contributed by atoms with E-state index < -0.39 is 8.38 Å². The molecule has 1 rings (SSSR count). The largest absolute Gasteiger partial charge is 1.00 e. The van der Waals surface area contributed by atoms with Crippen molar-refractivity contribution in [1.29, 1.82) is 0 Å². The van der Waals surface area contributed by atoms with E-state index in [4.69, 9.17) is 0 Å². The van der Waals surface area contributed by atoms with Crippen LogP contribution >= 0.6 is 8.38 Å². The van der Waals surface area contributed by atoms with Crippen molar-refractivity contribution in [2.75, 3.05) is 0 Å². The van der Waals surface area contributed by atoms with Crippen molar-refractivity contribution in [3.8, 4) is 0 Å². The van der Waals surface area contributed by atoms with Crippen molar-refractivity contribution in [2.45, 2.75) is 0 Å². The van der Waals surface area contributed by atoms with Crippen molar-refractivity contribution < 1.29 is 68.9 Å². The van der Waals surface area contributed by atoms with Gasteiger partial charge in [-0.3, -0.25) is 8.38 Å². The first-order valence-corrected chi connectivity index (χ1v) is 3.68. The summed E-state index contributed by atoms with van der Waals surface area (Å²) in [7, 11) is -2.40. The molecule has 0 radical (unpaired) electrons. The van der Waals surface area contributed by atoms with Gasteiger partial charge in [0.1, 0.15) is 0 Å². The van der Waals surface area contributed by atoms with Crippen LogP contribution in [0, 0.1) is 0 Å². The van der Waals surface area contributed by atoms with Gasteiger partial charge in [-0.05, 0) is 0 Å². The fourth-order valence-corrected chi connectivity index (χ4v) is 0.965. The van der Waals surface area contributed by atoms with E-state index in [9.17, 15) is 9.79 Å². The van der Waals surface area contributed by atoms with E-state index in [1.807, 2.05) is 0 Å². The Morgan fingerprint density at radius 2 is 1.36 bits per heavy atom. The second-order valence-electron chi connectivity index (χ2n) is 1.59. The number of hydrogen-bond donors (Lipinski definition) is 0. The number of benzene rings is 1. The zero-order valence-corrected chi connectivity index (χ0v) is 11.5. The fraction of sp³-hybridized carbons (Fsp3) is 0. The van der Waals surface area contributed by atoms with Gasteiger partial charge in [-0.2, -0.15) is 0 Å². The smallest absolute Gasteiger partial charge is 0.838 e. The zero-order valence-electron chi connectivity index (χ0n) is 6.65. The molecule has 0 aliphatic rings. The molecule has 0 spiro atoms. The molecule has 5 heteroatoms. The van der Waals surface area contributed by atoms with Gasteiger partial charge in [0, 0.05) is 0 Å². The van der Waals surface area contributed by atoms with Crippen LogP contribution in [0.5, 0.6) is 0 Å². The van der Waals surface area contributed by atoms with Crippen molar-refractivity contribution in [3.63, 3.8) is 0 Å². The first-order chi connectivity index (χ1) is 4.30. The molecule has 0 saturated carbocycles. The SMILES string of the molecule is [Na+].[Na+].[O-]P([O-])c1ccccc1. The van der Waals surface area contributed by atoms with Crippen LogP contribution in [0.2, 0.25) is 0 Å². The van der Waals surface area contributed by atoms with E-state index in [1.54, 1.807) is 30.3 Å². The Hall–Kier alpha value is 1.57. The Kier molecular flexibility index (Phi) is 11.2. The molecule has 2 nitrogen and oxygen atoms in total. The minimum absolute atomic E-state index is 0. The van der Waals surface area contributed by atoms with Crippen LogP contribution < -0.4 is 74.2 Å². The maximum Gasteiger partial charge on any atom is 1.00 e. The third-order valence-corrected chi connectivity index (χ3v) is 1.69. The predicted molar refractivity (Wildman–Crippen MR) is 33.0 cm³/mol. The minimum Gasteiger partial charge on any atom is -0.838 e. The van der Waals surface area contributed by atoms with Gasteiger partial charge in [-0.25, -0.2) is 0 Å². The molecule has 1 aromatic carbocycles. The van der Waals surface area contributed by atoms with E-state index in [1.165, 1.54) is 0 Å². The van der Waals surface area contributed by atoms with Crippen molar-refractivity contribution in [3.05, 3.63) is 30.3 Å². The van der Waals surface area contributed by atoms with E-state index in [-0.39, 0.29) is 59.1 Å². The van der Waals surface area contributed by atoms with Crippen LogP contribution in [0.1, 0.15) is 0 Å². The molecular formula is C6H5Na2O2P. The molecule has 0 N–H and O–H groups in total. The van der Waals surface area contributed by atoms with E-state index in [0.717, 1.165) is 0 Å². The van der Waals surface area contributed by atoms with Crippen LogP contribution in [0.4, 0.5) is 0 Å². The van der Waals surface area contributed by atoms with Crippen LogP contribution in [0.25, 0.3) is 0 Å². The second-order valence-corrected chi connectivity index (χ2v) is 2.62. The van der Waals surface area contributed by atoms with Crippen LogP contribution in [-0.4, -0.2) is 0 Å². The molecule has 0 aliphatic heterocycles. The first-order valence-electron chi connectivity index (χ1n) is 2.50. The van der Waals surface area contributed by atoms with Gasteiger partial charge < -0.3 is 9.79 Å². The predicted octanol–water partition coefficient (Wildman–Crippen LogP) is -6.65. The fourth-order valence-electron chi connectivity index (χ4n) is 0.550. The van der Waals surface area contributed by atoms with Crippen molar-refractivity contribution in [1.82, 2.24) is 0 Å². The molecule has 0 heterocycles. The second kappa shape index (κ2) is 8.18. The molecule has 0 bridgehead atoms. The van der Waals surface area contributed by atoms with E-state index in [0.29, 0.717) is 5.30 Å². The van der Waals surface area contributed by atoms with Gasteiger partial charge in [0.05, 0.1) is 0 Å². The summed E-state index contributed by atoms with van der Waals surface area (Å²) in [6.45, 7) is 0. The average molecular weight is 186 g/mol. The third-order valence-electron chi connectivity index (χ3n) is 0.967. The molecule has 0 aromatic heterocycles. The normalized spacial score (nSPS) is 8.27. The van der Waals surface area contributed by atoms with Gasteiger partial charge in [-0.15, -0.1) is 0 Å². The molecule has 0 amide bonds. The zero-order chi connectivity index (χ0) is 6.69. The molecule has 0 aliphatic carbocycles. The minimum atomic E-state index is -2.40. The van der Waals surface area contributed by atoms with E-state index >= 15 is 0 Å². The quantitative estimate of drug-likeness (QED) is 0.323. The van der Waals surface area contributed by atoms with Gasteiger partial charge >= 0.3 is 59.1 Å². The van der Waals surface area contributed by atoms with Crippen LogP contribution in [0.15, 0.2) is 30.3 Å². The summed E-state index contributed by atoms with van der Waals surface area (Å²) in [5.41, 5.74) is 0. The molecule has 0 fully saturated rings. The van der Waals surface area contributed by atoms with Gasteiger partial charge in [0.2, 0.25) is 0 Å². The summed E-state index contributed by atoms with van der Waals surface area (Å²) in [5, 5.41) is 0.368. The monoisotopic (exact) mass is 186 g/mol. The topological polar surface area (TPSA) is 46.1 Å². The maximum absolute atomic E-state index is 10.2. The summed E-state index contributed by atoms with van der Waals surface area (Å²) in [6.07, 6.45) is 0. The number of hydrogen-bond acceptors (Lipinski definition) is 2. The maximum atomic E-state index is 10.2. The molecule has 1 aromatic rings. The number of rotatable bonds is 1. The summed E-state index contributed by atoms with van der Waals surface area (Å²) in [6, 6.07) is 8.29. The molecular weight excluding hydrogens is 181 g/mol. The van der Waals surface area contributed by atoms with Crippen molar-refractivity contribution >= 4 is 13.7 Å². The third kappa shape index (κ3) is 5.75. The summed E-state index contributed by atoms with van der Waals surface area (Å²) in [4.78, 5) is 20.5. The van der Waals surface area contributed by atoms with Crippen LogP contribution in [-0.2, 0) is 0 Å². The van der Waals surface area contributed by atoms with E-state index in [2.05, 4.69) is 0 Å². The Morgan fingerprint density at radius 1 is 0.909 bits per heavy atom.